The Labute approximate surface area is 414 Å². The van der Waals surface area contributed by atoms with Gasteiger partial charge in [0.25, 0.3) is 0 Å². The predicted molar refractivity (Wildman–Crippen MR) is 288 cm³/mol. The zero-order valence-electron chi connectivity index (χ0n) is 43.9. The largest absolute Gasteiger partial charge is 0.462 e. The molecule has 0 aromatic heterocycles. The summed E-state index contributed by atoms with van der Waals surface area (Å²) in [6, 6.07) is 0. The van der Waals surface area contributed by atoms with Crippen LogP contribution in [0.3, 0.4) is 0 Å². The van der Waals surface area contributed by atoms with Gasteiger partial charge in [-0.2, -0.15) is 0 Å². The van der Waals surface area contributed by atoms with Crippen molar-refractivity contribution in [2.24, 2.45) is 0 Å². The van der Waals surface area contributed by atoms with Gasteiger partial charge in [-0.1, -0.05) is 234 Å². The number of allylic oxidation sites excluding steroid dienone is 14. The Kier molecular flexibility index (Phi) is 52.4. The van der Waals surface area contributed by atoms with Crippen LogP contribution in [0.4, 0.5) is 0 Å². The molecule has 6 heteroatoms. The number of unbranched alkanes of at least 4 members (excludes halogenated alkanes) is 26. The number of hydrogen-bond acceptors (Lipinski definition) is 6. The van der Waals surface area contributed by atoms with Crippen LogP contribution in [0.15, 0.2) is 85.1 Å². The lowest BCUT2D eigenvalue weighted by Gasteiger charge is -2.18. The molecule has 0 N–H and O–H groups in total. The average Bonchev–Trinajstić information content (AvgIpc) is 3.33. The molecule has 67 heavy (non-hydrogen) atoms. The highest BCUT2D eigenvalue weighted by Gasteiger charge is 2.19. The van der Waals surface area contributed by atoms with Crippen molar-refractivity contribution in [3.8, 4) is 0 Å². The van der Waals surface area contributed by atoms with E-state index < -0.39 is 6.10 Å². The van der Waals surface area contributed by atoms with E-state index in [0.29, 0.717) is 19.3 Å². The third-order valence-electron chi connectivity index (χ3n) is 11.9. The molecular formula is C61H104O6. The average molecular weight is 933 g/mol. The SMILES string of the molecule is CCCCC/C=C\C=C/CCCCCCCCCCCCC(=O)OCC(COC(=O)CC/C=C\C/C=C\CCCCCCCC)OC(=O)CCC/C=C\C/C=C\C/C=C\CCCCCCCC. The maximum absolute atomic E-state index is 12.8. The van der Waals surface area contributed by atoms with Crippen LogP contribution in [-0.4, -0.2) is 37.2 Å². The third-order valence-corrected chi connectivity index (χ3v) is 11.9. The molecular weight excluding hydrogens is 829 g/mol. The molecule has 1 atom stereocenters. The lowest BCUT2D eigenvalue weighted by Crippen LogP contribution is -2.30. The van der Waals surface area contributed by atoms with E-state index in [1.54, 1.807) is 0 Å². The van der Waals surface area contributed by atoms with Crippen molar-refractivity contribution in [3.05, 3.63) is 85.1 Å². The van der Waals surface area contributed by atoms with Gasteiger partial charge >= 0.3 is 17.9 Å². The van der Waals surface area contributed by atoms with Crippen molar-refractivity contribution in [2.75, 3.05) is 13.2 Å². The summed E-state index contributed by atoms with van der Waals surface area (Å²) < 4.78 is 16.7. The van der Waals surface area contributed by atoms with Crippen LogP contribution >= 0.6 is 0 Å². The fourth-order valence-electron chi connectivity index (χ4n) is 7.62. The van der Waals surface area contributed by atoms with Crippen LogP contribution in [-0.2, 0) is 28.6 Å². The van der Waals surface area contributed by atoms with E-state index in [2.05, 4.69) is 99.8 Å². The lowest BCUT2D eigenvalue weighted by molar-refractivity contribution is -0.166. The first-order chi connectivity index (χ1) is 33.0. The van der Waals surface area contributed by atoms with Gasteiger partial charge in [0.05, 0.1) is 0 Å². The molecule has 0 radical (unpaired) electrons. The van der Waals surface area contributed by atoms with Crippen molar-refractivity contribution in [3.63, 3.8) is 0 Å². The Hall–Kier alpha value is -3.41. The molecule has 0 aromatic carbocycles. The maximum Gasteiger partial charge on any atom is 0.306 e. The van der Waals surface area contributed by atoms with Crippen LogP contribution in [0.2, 0.25) is 0 Å². The second-order valence-electron chi connectivity index (χ2n) is 18.5. The first-order valence-electron chi connectivity index (χ1n) is 28.1. The highest BCUT2D eigenvalue weighted by atomic mass is 16.6. The number of rotatable bonds is 50. The summed E-state index contributed by atoms with van der Waals surface area (Å²) in [6.45, 7) is 6.51. The fourth-order valence-corrected chi connectivity index (χ4v) is 7.62. The normalized spacial score (nSPS) is 12.7. The summed E-state index contributed by atoms with van der Waals surface area (Å²) in [5.41, 5.74) is 0. The summed E-state index contributed by atoms with van der Waals surface area (Å²) in [6.07, 6.45) is 71.6. The molecule has 0 aliphatic heterocycles. The quantitative estimate of drug-likeness (QED) is 0.0199. The smallest absolute Gasteiger partial charge is 0.306 e. The highest BCUT2D eigenvalue weighted by molar-refractivity contribution is 5.71. The lowest BCUT2D eigenvalue weighted by atomic mass is 10.1. The fraction of sp³-hybridized carbons (Fsp3) is 0.721. The minimum Gasteiger partial charge on any atom is -0.462 e. The van der Waals surface area contributed by atoms with Crippen LogP contribution in [0.25, 0.3) is 0 Å². The molecule has 0 aliphatic rings. The van der Waals surface area contributed by atoms with Gasteiger partial charge in [-0.25, -0.2) is 0 Å². The molecule has 6 nitrogen and oxygen atoms in total. The molecule has 0 fully saturated rings. The zero-order chi connectivity index (χ0) is 48.6. The number of hydrogen-bond donors (Lipinski definition) is 0. The summed E-state index contributed by atoms with van der Waals surface area (Å²) >= 11 is 0. The molecule has 0 rings (SSSR count). The molecule has 0 amide bonds. The summed E-state index contributed by atoms with van der Waals surface area (Å²) in [5.74, 6) is -1.04. The first kappa shape index (κ1) is 63.6. The Balaban J connectivity index is 4.49. The van der Waals surface area contributed by atoms with E-state index in [1.807, 2.05) is 6.08 Å². The van der Waals surface area contributed by atoms with Crippen molar-refractivity contribution < 1.29 is 28.6 Å². The number of carbonyl (C=O) groups is 3. The Morgan fingerprint density at radius 1 is 0.313 bits per heavy atom. The molecule has 0 bridgehead atoms. The molecule has 384 valence electrons. The third kappa shape index (κ3) is 53.4. The Bertz CT molecular complexity index is 1300. The second-order valence-corrected chi connectivity index (χ2v) is 18.5. The van der Waals surface area contributed by atoms with Crippen LogP contribution in [0, 0.1) is 0 Å². The monoisotopic (exact) mass is 933 g/mol. The Morgan fingerprint density at radius 2 is 0.627 bits per heavy atom. The molecule has 1 unspecified atom stereocenters. The minimum atomic E-state index is -0.827. The van der Waals surface area contributed by atoms with Gasteiger partial charge in [-0.3, -0.25) is 14.4 Å². The molecule has 0 aliphatic carbocycles. The van der Waals surface area contributed by atoms with Crippen LogP contribution in [0.5, 0.6) is 0 Å². The first-order valence-corrected chi connectivity index (χ1v) is 28.1. The number of ether oxygens (including phenoxy) is 3. The maximum atomic E-state index is 12.8. The molecule has 0 saturated carbocycles. The van der Waals surface area contributed by atoms with Gasteiger partial charge in [0.2, 0.25) is 0 Å². The van der Waals surface area contributed by atoms with E-state index >= 15 is 0 Å². The van der Waals surface area contributed by atoms with Crippen molar-refractivity contribution in [2.45, 2.75) is 271 Å². The standard InChI is InChI=1S/C61H104O6/c1-4-7-10-13-16-19-22-25-27-29-30-32-33-36-39-42-45-48-51-54-60(63)66-57-58(56-65-59(62)53-50-47-44-41-38-35-24-21-18-15-12-9-6-3)67-61(64)55-52-49-46-43-40-37-34-31-28-26-23-20-17-14-11-8-5-2/h16,19,22,25-26,28,34-35,37-38,43-44,46-47,58H,4-15,17-18,20-21,23-24,27,29-33,36,39-42,45,48-57H2,1-3H3/b19-16-,25-22-,28-26-,37-34-,38-35-,46-43-,47-44-. The second kappa shape index (κ2) is 55.2. The van der Waals surface area contributed by atoms with Crippen molar-refractivity contribution >= 4 is 17.9 Å². The predicted octanol–water partition coefficient (Wildman–Crippen LogP) is 18.8. The van der Waals surface area contributed by atoms with E-state index in [1.165, 1.54) is 161 Å². The van der Waals surface area contributed by atoms with Gasteiger partial charge in [-0.05, 0) is 96.3 Å². The van der Waals surface area contributed by atoms with E-state index in [9.17, 15) is 14.4 Å². The molecule has 0 aromatic rings. The molecule has 0 saturated heterocycles. The van der Waals surface area contributed by atoms with Gasteiger partial charge in [-0.15, -0.1) is 0 Å². The zero-order valence-corrected chi connectivity index (χ0v) is 43.9. The van der Waals surface area contributed by atoms with Crippen LogP contribution < -0.4 is 0 Å². The molecule has 0 heterocycles. The van der Waals surface area contributed by atoms with Gasteiger partial charge in [0, 0.05) is 19.3 Å². The highest BCUT2D eigenvalue weighted by Crippen LogP contribution is 2.14. The van der Waals surface area contributed by atoms with Gasteiger partial charge in [0.1, 0.15) is 13.2 Å². The summed E-state index contributed by atoms with van der Waals surface area (Å²) in [5, 5.41) is 0. The summed E-state index contributed by atoms with van der Waals surface area (Å²) in [4.78, 5) is 38.0. The van der Waals surface area contributed by atoms with Crippen LogP contribution in [0.1, 0.15) is 265 Å². The number of carbonyl (C=O) groups excluding carboxylic acids is 3. The van der Waals surface area contributed by atoms with E-state index in [-0.39, 0.29) is 44.0 Å². The van der Waals surface area contributed by atoms with Crippen molar-refractivity contribution in [1.29, 1.82) is 0 Å². The molecule has 0 spiro atoms. The van der Waals surface area contributed by atoms with E-state index in [4.69, 9.17) is 14.2 Å². The Morgan fingerprint density at radius 3 is 1.09 bits per heavy atom. The van der Waals surface area contributed by atoms with Gasteiger partial charge < -0.3 is 14.2 Å². The van der Waals surface area contributed by atoms with Crippen molar-refractivity contribution in [1.82, 2.24) is 0 Å². The summed E-state index contributed by atoms with van der Waals surface area (Å²) in [7, 11) is 0. The van der Waals surface area contributed by atoms with Gasteiger partial charge in [0.15, 0.2) is 6.10 Å². The van der Waals surface area contributed by atoms with E-state index in [0.717, 1.165) is 51.4 Å². The topological polar surface area (TPSA) is 78.9 Å². The number of esters is 3. The minimum absolute atomic E-state index is 0.115.